The van der Waals surface area contributed by atoms with Crippen LogP contribution < -0.4 is 15.5 Å². The minimum absolute atomic E-state index is 0. The Kier molecular flexibility index (Phi) is 8.04. The monoisotopic (exact) mass is 465 g/mol. The molecule has 150 valence electrons. The average molecular weight is 467 g/mol. The Hall–Kier alpha value is -1.89. The van der Waals surface area contributed by atoms with Crippen LogP contribution in [0.2, 0.25) is 0 Å². The number of carbonyl (C=O) groups is 2. The first-order valence-electron chi connectivity index (χ1n) is 9.11. The van der Waals surface area contributed by atoms with Crippen LogP contribution in [0.25, 0.3) is 0 Å². The molecule has 2 N–H and O–H groups in total. The SMILES string of the molecule is CNC(C)C(=O)N[C@H]1CCc2ccc(Br)cc2N(Cc2ccccc2)C1=O.Cl. The molecular formula is C21H25BrClN3O2. The molecule has 28 heavy (non-hydrogen) atoms. The number of halogens is 2. The minimum atomic E-state index is -0.539. The van der Waals surface area contributed by atoms with Gasteiger partial charge < -0.3 is 15.5 Å². The fourth-order valence-corrected chi connectivity index (χ4v) is 3.57. The maximum absolute atomic E-state index is 13.3. The number of fused-ring (bicyclic) bond motifs is 1. The zero-order valence-electron chi connectivity index (χ0n) is 15.9. The first-order valence-corrected chi connectivity index (χ1v) is 9.90. The molecule has 0 fully saturated rings. The van der Waals surface area contributed by atoms with Crippen molar-refractivity contribution in [2.75, 3.05) is 11.9 Å². The zero-order chi connectivity index (χ0) is 19.4. The molecule has 2 atom stereocenters. The zero-order valence-corrected chi connectivity index (χ0v) is 18.3. The first kappa shape index (κ1) is 22.4. The second-order valence-electron chi connectivity index (χ2n) is 6.79. The smallest absolute Gasteiger partial charge is 0.249 e. The van der Waals surface area contributed by atoms with Gasteiger partial charge in [0.15, 0.2) is 0 Å². The van der Waals surface area contributed by atoms with E-state index in [1.807, 2.05) is 48.5 Å². The maximum atomic E-state index is 13.3. The van der Waals surface area contributed by atoms with Crippen LogP contribution in [-0.2, 0) is 22.6 Å². The molecule has 0 spiro atoms. The van der Waals surface area contributed by atoms with Crippen LogP contribution in [0.3, 0.4) is 0 Å². The number of nitrogens with one attached hydrogen (secondary N) is 2. The van der Waals surface area contributed by atoms with Crippen molar-refractivity contribution in [2.45, 2.75) is 38.4 Å². The lowest BCUT2D eigenvalue weighted by atomic mass is 10.1. The van der Waals surface area contributed by atoms with Crippen LogP contribution in [0.5, 0.6) is 0 Å². The summed E-state index contributed by atoms with van der Waals surface area (Å²) in [7, 11) is 1.73. The van der Waals surface area contributed by atoms with Crippen LogP contribution in [0.4, 0.5) is 5.69 Å². The molecule has 2 amide bonds. The Morgan fingerprint density at radius 2 is 1.96 bits per heavy atom. The van der Waals surface area contributed by atoms with E-state index in [1.165, 1.54) is 0 Å². The molecule has 7 heteroatoms. The number of rotatable bonds is 5. The molecule has 0 bridgehead atoms. The maximum Gasteiger partial charge on any atom is 0.249 e. The van der Waals surface area contributed by atoms with Crippen LogP contribution in [0.15, 0.2) is 53.0 Å². The molecule has 0 aliphatic carbocycles. The van der Waals surface area contributed by atoms with Crippen LogP contribution in [0, 0.1) is 0 Å². The van der Waals surface area contributed by atoms with Crippen molar-refractivity contribution >= 4 is 45.8 Å². The van der Waals surface area contributed by atoms with Gasteiger partial charge in [-0.25, -0.2) is 0 Å². The third kappa shape index (κ3) is 5.13. The third-order valence-electron chi connectivity index (χ3n) is 4.93. The Morgan fingerprint density at radius 3 is 2.64 bits per heavy atom. The lowest BCUT2D eigenvalue weighted by Crippen LogP contribution is -2.52. The molecule has 0 aromatic heterocycles. The van der Waals surface area contributed by atoms with Crippen LogP contribution in [0.1, 0.15) is 24.5 Å². The molecule has 1 unspecified atom stereocenters. The second kappa shape index (κ2) is 10.0. The molecule has 3 rings (SSSR count). The van der Waals surface area contributed by atoms with Crippen molar-refractivity contribution in [3.05, 3.63) is 64.1 Å². The van der Waals surface area contributed by atoms with Gasteiger partial charge in [-0.05, 0) is 50.1 Å². The number of likely N-dealkylation sites (N-methyl/N-ethyl adjacent to an activating group) is 1. The summed E-state index contributed by atoms with van der Waals surface area (Å²) < 4.78 is 0.929. The summed E-state index contributed by atoms with van der Waals surface area (Å²) in [6.45, 7) is 2.25. The molecular weight excluding hydrogens is 442 g/mol. The molecule has 5 nitrogen and oxygen atoms in total. The number of hydrogen-bond donors (Lipinski definition) is 2. The van der Waals surface area contributed by atoms with Crippen LogP contribution in [-0.4, -0.2) is 30.9 Å². The van der Waals surface area contributed by atoms with Gasteiger partial charge in [0.2, 0.25) is 11.8 Å². The summed E-state index contributed by atoms with van der Waals surface area (Å²) in [6.07, 6.45) is 1.32. The largest absolute Gasteiger partial charge is 0.343 e. The van der Waals surface area contributed by atoms with E-state index in [0.29, 0.717) is 13.0 Å². The second-order valence-corrected chi connectivity index (χ2v) is 7.71. The molecule has 2 aromatic rings. The molecule has 0 radical (unpaired) electrons. The van der Waals surface area contributed by atoms with Gasteiger partial charge in [-0.15, -0.1) is 12.4 Å². The summed E-state index contributed by atoms with van der Waals surface area (Å²) >= 11 is 3.52. The number of nitrogens with zero attached hydrogens (tertiary/aromatic N) is 1. The highest BCUT2D eigenvalue weighted by atomic mass is 79.9. The Labute approximate surface area is 180 Å². The van der Waals surface area contributed by atoms with Gasteiger partial charge in [0.1, 0.15) is 6.04 Å². The minimum Gasteiger partial charge on any atom is -0.343 e. The quantitative estimate of drug-likeness (QED) is 0.709. The number of benzene rings is 2. The van der Waals surface area contributed by atoms with Gasteiger partial charge >= 0.3 is 0 Å². The van der Waals surface area contributed by atoms with E-state index in [1.54, 1.807) is 18.9 Å². The van der Waals surface area contributed by atoms with Gasteiger partial charge in [0.05, 0.1) is 12.6 Å². The van der Waals surface area contributed by atoms with Gasteiger partial charge in [-0.2, -0.15) is 0 Å². The Morgan fingerprint density at radius 1 is 1.25 bits per heavy atom. The highest BCUT2D eigenvalue weighted by molar-refractivity contribution is 9.10. The predicted molar refractivity (Wildman–Crippen MR) is 118 cm³/mol. The van der Waals surface area contributed by atoms with E-state index in [4.69, 9.17) is 0 Å². The number of carbonyl (C=O) groups excluding carboxylic acids is 2. The molecule has 1 aliphatic rings. The van der Waals surface area contributed by atoms with E-state index in [-0.39, 0.29) is 30.3 Å². The topological polar surface area (TPSA) is 61.4 Å². The fraction of sp³-hybridized carbons (Fsp3) is 0.333. The molecule has 1 heterocycles. The third-order valence-corrected chi connectivity index (χ3v) is 5.42. The number of anilines is 1. The lowest BCUT2D eigenvalue weighted by molar-refractivity contribution is -0.128. The number of aryl methyl sites for hydroxylation is 1. The van der Waals surface area contributed by atoms with E-state index in [9.17, 15) is 9.59 Å². The van der Waals surface area contributed by atoms with E-state index in [2.05, 4.69) is 26.6 Å². The molecule has 2 aromatic carbocycles. The highest BCUT2D eigenvalue weighted by Crippen LogP contribution is 2.31. The fourth-order valence-electron chi connectivity index (χ4n) is 3.22. The Balaban J connectivity index is 0.00000280. The first-order chi connectivity index (χ1) is 13.0. The predicted octanol–water partition coefficient (Wildman–Crippen LogP) is 3.44. The van der Waals surface area contributed by atoms with Gasteiger partial charge in [-0.3, -0.25) is 9.59 Å². The van der Waals surface area contributed by atoms with Gasteiger partial charge in [-0.1, -0.05) is 52.3 Å². The summed E-state index contributed by atoms with van der Waals surface area (Å²) in [6, 6.07) is 15.0. The molecule has 0 saturated heterocycles. The summed E-state index contributed by atoms with van der Waals surface area (Å²) in [5.41, 5.74) is 3.06. The van der Waals surface area contributed by atoms with Crippen molar-refractivity contribution in [3.63, 3.8) is 0 Å². The van der Waals surface area contributed by atoms with Crippen molar-refractivity contribution in [3.8, 4) is 0 Å². The molecule has 1 aliphatic heterocycles. The van der Waals surface area contributed by atoms with Gasteiger partial charge in [0, 0.05) is 10.2 Å². The Bertz CT molecular complexity index is 832. The summed E-state index contributed by atoms with van der Waals surface area (Å²) in [4.78, 5) is 27.5. The number of amides is 2. The lowest BCUT2D eigenvalue weighted by Gasteiger charge is -2.27. The highest BCUT2D eigenvalue weighted by Gasteiger charge is 2.32. The number of hydrogen-bond acceptors (Lipinski definition) is 3. The van der Waals surface area contributed by atoms with E-state index < -0.39 is 6.04 Å². The van der Waals surface area contributed by atoms with E-state index in [0.717, 1.165) is 27.7 Å². The van der Waals surface area contributed by atoms with Crippen molar-refractivity contribution in [1.82, 2.24) is 10.6 Å². The normalized spacial score (nSPS) is 17.2. The van der Waals surface area contributed by atoms with Crippen molar-refractivity contribution < 1.29 is 9.59 Å². The summed E-state index contributed by atoms with van der Waals surface area (Å²) in [5, 5.41) is 5.84. The van der Waals surface area contributed by atoms with E-state index >= 15 is 0 Å². The van der Waals surface area contributed by atoms with Crippen molar-refractivity contribution in [2.24, 2.45) is 0 Å². The van der Waals surface area contributed by atoms with Gasteiger partial charge in [0.25, 0.3) is 0 Å². The summed E-state index contributed by atoms with van der Waals surface area (Å²) in [5.74, 6) is -0.241. The van der Waals surface area contributed by atoms with Crippen molar-refractivity contribution in [1.29, 1.82) is 0 Å². The standard InChI is InChI=1S/C21H24BrN3O2.ClH/c1-14(23-2)20(26)24-18-11-9-16-8-10-17(22)12-19(16)25(21(18)27)13-15-6-4-3-5-7-15;/h3-8,10,12,14,18,23H,9,11,13H2,1-2H3,(H,24,26);1H/t14?,18-;/m0./s1. The average Bonchev–Trinajstić information content (AvgIpc) is 2.80. The molecule has 0 saturated carbocycles. The van der Waals surface area contributed by atoms with Crippen LogP contribution >= 0.6 is 28.3 Å².